The summed E-state index contributed by atoms with van der Waals surface area (Å²) in [6, 6.07) is 3.91. The van der Waals surface area contributed by atoms with E-state index in [0.717, 1.165) is 23.2 Å². The van der Waals surface area contributed by atoms with Gasteiger partial charge in [-0.2, -0.15) is 0 Å². The Hall–Kier alpha value is -0.500. The van der Waals surface area contributed by atoms with Gasteiger partial charge in [0.1, 0.15) is 5.75 Å². The number of halogens is 1. The molecule has 0 spiro atoms. The minimum Gasteiger partial charge on any atom is -0.507 e. The summed E-state index contributed by atoms with van der Waals surface area (Å²) in [5.41, 5.74) is 2.69. The van der Waals surface area contributed by atoms with E-state index in [1.807, 2.05) is 12.1 Å². The molecule has 2 heteroatoms. The van der Waals surface area contributed by atoms with Crippen LogP contribution in [0.2, 0.25) is 0 Å². The normalized spacial score (nSPS) is 21.0. The van der Waals surface area contributed by atoms with Crippen LogP contribution in [0, 0.1) is 5.92 Å². The summed E-state index contributed by atoms with van der Waals surface area (Å²) in [6.45, 7) is 2.24. The van der Waals surface area contributed by atoms with E-state index in [-0.39, 0.29) is 0 Å². The number of hydrogen-bond donors (Lipinski definition) is 1. The molecular weight excluding hydrogens is 216 g/mol. The van der Waals surface area contributed by atoms with E-state index in [0.29, 0.717) is 5.75 Å². The third-order valence-electron chi connectivity index (χ3n) is 2.41. The van der Waals surface area contributed by atoms with Crippen molar-refractivity contribution in [1.82, 2.24) is 0 Å². The summed E-state index contributed by atoms with van der Waals surface area (Å²) >= 11 is 3.32. The fourth-order valence-corrected chi connectivity index (χ4v) is 2.24. The smallest absolute Gasteiger partial charge is 0.130 e. The van der Waals surface area contributed by atoms with E-state index < -0.39 is 0 Å². The third kappa shape index (κ3) is 1.24. The predicted molar refractivity (Wildman–Crippen MR) is 52.4 cm³/mol. The van der Waals surface area contributed by atoms with Crippen molar-refractivity contribution in [3.8, 4) is 5.75 Å². The zero-order valence-corrected chi connectivity index (χ0v) is 8.56. The van der Waals surface area contributed by atoms with Crippen LogP contribution in [0.3, 0.4) is 0 Å². The number of fused-ring (bicyclic) bond motifs is 1. The van der Waals surface area contributed by atoms with Crippen molar-refractivity contribution in [2.45, 2.75) is 19.8 Å². The van der Waals surface area contributed by atoms with Gasteiger partial charge in [0.05, 0.1) is 4.47 Å². The van der Waals surface area contributed by atoms with Crippen molar-refractivity contribution >= 4 is 15.9 Å². The Morgan fingerprint density at radius 1 is 1.33 bits per heavy atom. The maximum atomic E-state index is 9.42. The van der Waals surface area contributed by atoms with Gasteiger partial charge in [-0.1, -0.05) is 6.92 Å². The summed E-state index contributed by atoms with van der Waals surface area (Å²) in [4.78, 5) is 0. The van der Waals surface area contributed by atoms with Crippen molar-refractivity contribution in [2.24, 2.45) is 5.92 Å². The van der Waals surface area contributed by atoms with Gasteiger partial charge in [0.2, 0.25) is 0 Å². The maximum Gasteiger partial charge on any atom is 0.130 e. The fourth-order valence-electron chi connectivity index (χ4n) is 1.85. The molecule has 2 rings (SSSR count). The first-order valence-electron chi connectivity index (χ1n) is 4.17. The molecule has 0 bridgehead atoms. The van der Waals surface area contributed by atoms with Crippen molar-refractivity contribution in [1.29, 1.82) is 0 Å². The molecule has 1 aromatic rings. The molecule has 0 saturated heterocycles. The number of phenols is 1. The lowest BCUT2D eigenvalue weighted by atomic mass is 10.1. The number of phenolic OH excluding ortho intramolecular Hbond substituents is 1. The zero-order chi connectivity index (χ0) is 8.72. The highest BCUT2D eigenvalue weighted by Crippen LogP contribution is 2.34. The molecule has 1 unspecified atom stereocenters. The minimum atomic E-state index is 0.364. The van der Waals surface area contributed by atoms with Crippen LogP contribution in [0.5, 0.6) is 5.75 Å². The Morgan fingerprint density at radius 3 is 2.58 bits per heavy atom. The topological polar surface area (TPSA) is 20.2 Å². The molecule has 1 nitrogen and oxygen atoms in total. The van der Waals surface area contributed by atoms with Crippen LogP contribution in [0.15, 0.2) is 16.6 Å². The van der Waals surface area contributed by atoms with Gasteiger partial charge < -0.3 is 5.11 Å². The molecule has 1 N–H and O–H groups in total. The van der Waals surface area contributed by atoms with Crippen LogP contribution in [-0.2, 0) is 12.8 Å². The molecule has 1 aromatic carbocycles. The lowest BCUT2D eigenvalue weighted by Crippen LogP contribution is -1.89. The highest BCUT2D eigenvalue weighted by molar-refractivity contribution is 9.10. The van der Waals surface area contributed by atoms with Crippen LogP contribution < -0.4 is 0 Å². The minimum absolute atomic E-state index is 0.364. The van der Waals surface area contributed by atoms with E-state index in [4.69, 9.17) is 0 Å². The SMILES string of the molecule is CC1Cc2cc(O)c(Br)cc2C1. The largest absolute Gasteiger partial charge is 0.507 e. The zero-order valence-electron chi connectivity index (χ0n) is 6.97. The quantitative estimate of drug-likeness (QED) is 0.722. The standard InChI is InChI=1S/C10H11BrO/c1-6-2-7-4-9(11)10(12)5-8(7)3-6/h4-6,12H,2-3H2,1H3. The van der Waals surface area contributed by atoms with E-state index in [1.165, 1.54) is 11.1 Å². The van der Waals surface area contributed by atoms with Crippen molar-refractivity contribution in [3.63, 3.8) is 0 Å². The summed E-state index contributed by atoms with van der Waals surface area (Å²) in [7, 11) is 0. The number of aromatic hydroxyl groups is 1. The second kappa shape index (κ2) is 2.77. The van der Waals surface area contributed by atoms with Gasteiger partial charge in [0.25, 0.3) is 0 Å². The monoisotopic (exact) mass is 226 g/mol. The van der Waals surface area contributed by atoms with Gasteiger partial charge in [-0.25, -0.2) is 0 Å². The summed E-state index contributed by atoms with van der Waals surface area (Å²) < 4.78 is 0.815. The van der Waals surface area contributed by atoms with Crippen LogP contribution in [0.1, 0.15) is 18.1 Å². The summed E-state index contributed by atoms with van der Waals surface area (Å²) in [5, 5.41) is 9.42. The van der Waals surface area contributed by atoms with E-state index in [2.05, 4.69) is 22.9 Å². The molecule has 64 valence electrons. The number of benzene rings is 1. The lowest BCUT2D eigenvalue weighted by molar-refractivity contribution is 0.471. The van der Waals surface area contributed by atoms with Gasteiger partial charge in [-0.05, 0) is 57.9 Å². The average molecular weight is 227 g/mol. The molecule has 0 amide bonds. The van der Waals surface area contributed by atoms with Crippen LogP contribution in [0.4, 0.5) is 0 Å². The van der Waals surface area contributed by atoms with Crippen LogP contribution >= 0.6 is 15.9 Å². The van der Waals surface area contributed by atoms with Gasteiger partial charge in [0.15, 0.2) is 0 Å². The highest BCUT2D eigenvalue weighted by Gasteiger charge is 2.18. The molecule has 0 aliphatic heterocycles. The lowest BCUT2D eigenvalue weighted by Gasteiger charge is -2.01. The second-order valence-electron chi connectivity index (χ2n) is 3.59. The number of hydrogen-bond acceptors (Lipinski definition) is 1. The van der Waals surface area contributed by atoms with E-state index >= 15 is 0 Å². The molecule has 1 atom stereocenters. The predicted octanol–water partition coefficient (Wildman–Crippen LogP) is 2.89. The van der Waals surface area contributed by atoms with Crippen molar-refractivity contribution in [3.05, 3.63) is 27.7 Å². The molecule has 0 saturated carbocycles. The molecule has 0 heterocycles. The average Bonchev–Trinajstić information content (AvgIpc) is 2.30. The molecule has 1 aliphatic carbocycles. The fraction of sp³-hybridized carbons (Fsp3) is 0.400. The Labute approximate surface area is 80.5 Å². The summed E-state index contributed by atoms with van der Waals surface area (Å²) in [6.07, 6.45) is 2.25. The molecule has 0 fully saturated rings. The first kappa shape index (κ1) is 8.11. The van der Waals surface area contributed by atoms with Crippen LogP contribution in [-0.4, -0.2) is 5.11 Å². The third-order valence-corrected chi connectivity index (χ3v) is 3.04. The Bertz CT molecular complexity index is 289. The first-order valence-corrected chi connectivity index (χ1v) is 4.96. The second-order valence-corrected chi connectivity index (χ2v) is 4.44. The first-order chi connectivity index (χ1) is 5.66. The van der Waals surface area contributed by atoms with Gasteiger partial charge in [-0.15, -0.1) is 0 Å². The Balaban J connectivity index is 2.48. The van der Waals surface area contributed by atoms with Crippen LogP contribution in [0.25, 0.3) is 0 Å². The van der Waals surface area contributed by atoms with Gasteiger partial charge in [0, 0.05) is 0 Å². The van der Waals surface area contributed by atoms with E-state index in [9.17, 15) is 5.11 Å². The van der Waals surface area contributed by atoms with Crippen molar-refractivity contribution < 1.29 is 5.11 Å². The maximum absolute atomic E-state index is 9.42. The molecule has 0 aromatic heterocycles. The molecule has 0 radical (unpaired) electrons. The summed E-state index contributed by atoms with van der Waals surface area (Å²) in [5.74, 6) is 1.09. The van der Waals surface area contributed by atoms with Gasteiger partial charge >= 0.3 is 0 Å². The van der Waals surface area contributed by atoms with Gasteiger partial charge in [-0.3, -0.25) is 0 Å². The highest BCUT2D eigenvalue weighted by atomic mass is 79.9. The van der Waals surface area contributed by atoms with E-state index in [1.54, 1.807) is 0 Å². The molecular formula is C10H11BrO. The Kier molecular flexibility index (Phi) is 1.87. The van der Waals surface area contributed by atoms with Crippen molar-refractivity contribution in [2.75, 3.05) is 0 Å². The molecule has 1 aliphatic rings. The molecule has 12 heavy (non-hydrogen) atoms. The Morgan fingerprint density at radius 2 is 1.92 bits per heavy atom. The number of rotatable bonds is 0.